The first kappa shape index (κ1) is 42.3. The predicted molar refractivity (Wildman–Crippen MR) is 237 cm³/mol. The van der Waals surface area contributed by atoms with E-state index in [0.29, 0.717) is 78.7 Å². The third-order valence-electron chi connectivity index (χ3n) is 10.8. The molecular formula is C48H50N6O7. The molecule has 3 amide bonds. The van der Waals surface area contributed by atoms with Crippen molar-refractivity contribution in [3.8, 4) is 16.9 Å². The number of nitrogens with one attached hydrogen (secondary N) is 5. The van der Waals surface area contributed by atoms with Crippen LogP contribution in [0.5, 0.6) is 5.75 Å². The standard InChI is InChI=1S/C48H50N6O7/c55-42-19-17-39(40-18-20-45(58)53-46(40)42)43(56)31-49-25-21-32-13-15-36(16-14-32)51-47(59)35-10-6-7-33(29-35)30-50-44(57)24-28-54-26-22-37(23-27-54)61-48(60)52-41-12-5-4-11-38(41)34-8-2-1-3-9-34/h1-20,29,37,43,49,55-56H,21-28,30-31H2,(H,50,57)(H,51,59)(H,52,60)(H,53,58)/t43-/m1/s1. The van der Waals surface area contributed by atoms with E-state index in [1.807, 2.05) is 84.9 Å². The highest BCUT2D eigenvalue weighted by atomic mass is 16.6. The molecule has 5 aromatic carbocycles. The van der Waals surface area contributed by atoms with E-state index in [4.69, 9.17) is 4.74 Å². The van der Waals surface area contributed by atoms with Crippen LogP contribution in [0.1, 0.15) is 52.4 Å². The Bertz CT molecular complexity index is 2500. The lowest BCUT2D eigenvalue weighted by Gasteiger charge is -2.31. The number of pyridine rings is 1. The number of aliphatic hydroxyl groups excluding tert-OH is 1. The van der Waals surface area contributed by atoms with Crippen molar-refractivity contribution in [1.29, 1.82) is 0 Å². The second-order valence-electron chi connectivity index (χ2n) is 15.1. The number of aromatic hydroxyl groups is 1. The molecule has 1 fully saturated rings. The van der Waals surface area contributed by atoms with Crippen LogP contribution in [0.4, 0.5) is 16.2 Å². The Morgan fingerprint density at radius 3 is 2.39 bits per heavy atom. The third-order valence-corrected chi connectivity index (χ3v) is 10.8. The summed E-state index contributed by atoms with van der Waals surface area (Å²) in [6, 6.07) is 38.3. The number of rotatable bonds is 16. The zero-order valence-corrected chi connectivity index (χ0v) is 33.7. The zero-order valence-electron chi connectivity index (χ0n) is 33.7. The Morgan fingerprint density at radius 1 is 0.820 bits per heavy atom. The van der Waals surface area contributed by atoms with Crippen molar-refractivity contribution in [3.63, 3.8) is 0 Å². The summed E-state index contributed by atoms with van der Waals surface area (Å²) in [6.45, 7) is 3.22. The van der Waals surface area contributed by atoms with Crippen LogP contribution in [0.25, 0.3) is 22.0 Å². The number of anilines is 2. The van der Waals surface area contributed by atoms with Crippen molar-refractivity contribution in [1.82, 2.24) is 20.5 Å². The lowest BCUT2D eigenvalue weighted by atomic mass is 10.0. The number of hydrogen-bond donors (Lipinski definition) is 7. The van der Waals surface area contributed by atoms with E-state index < -0.39 is 12.2 Å². The molecule has 7 N–H and O–H groups in total. The van der Waals surface area contributed by atoms with Crippen molar-refractivity contribution in [3.05, 3.63) is 160 Å². The minimum absolute atomic E-state index is 0.0542. The molecular weight excluding hydrogens is 773 g/mol. The summed E-state index contributed by atoms with van der Waals surface area (Å²) < 4.78 is 5.75. The molecule has 1 aromatic heterocycles. The molecule has 6 aromatic rings. The van der Waals surface area contributed by atoms with E-state index in [1.165, 1.54) is 12.1 Å². The van der Waals surface area contributed by atoms with Gasteiger partial charge < -0.3 is 40.8 Å². The molecule has 0 spiro atoms. The number of amides is 3. The molecule has 0 unspecified atom stereocenters. The number of H-pyrrole nitrogens is 1. The Kier molecular flexibility index (Phi) is 14.2. The van der Waals surface area contributed by atoms with Gasteiger partial charge in [-0.2, -0.15) is 0 Å². The molecule has 2 heterocycles. The highest BCUT2D eigenvalue weighted by Crippen LogP contribution is 2.29. The summed E-state index contributed by atoms with van der Waals surface area (Å²) >= 11 is 0. The van der Waals surface area contributed by atoms with Crippen LogP contribution in [0, 0.1) is 0 Å². The maximum absolute atomic E-state index is 13.1. The number of benzene rings is 5. The fraction of sp³-hybridized carbons (Fsp3) is 0.250. The van der Waals surface area contributed by atoms with E-state index in [2.05, 4.69) is 31.2 Å². The number of aromatic amines is 1. The van der Waals surface area contributed by atoms with E-state index in [0.717, 1.165) is 35.3 Å². The summed E-state index contributed by atoms with van der Waals surface area (Å²) in [5, 5.41) is 33.6. The maximum Gasteiger partial charge on any atom is 0.411 e. The van der Waals surface area contributed by atoms with Gasteiger partial charge in [0.05, 0.1) is 17.3 Å². The Hall–Kier alpha value is -6.80. The number of carbonyl (C=O) groups excluding carboxylic acids is 3. The van der Waals surface area contributed by atoms with Crippen LogP contribution in [0.15, 0.2) is 132 Å². The quantitative estimate of drug-likeness (QED) is 0.0520. The molecule has 0 radical (unpaired) electrons. The molecule has 61 heavy (non-hydrogen) atoms. The maximum atomic E-state index is 13.1. The highest BCUT2D eigenvalue weighted by molar-refractivity contribution is 6.04. The topological polar surface area (TPSA) is 185 Å². The fourth-order valence-electron chi connectivity index (χ4n) is 7.46. The SMILES string of the molecule is O=C(CCN1CCC(OC(=O)Nc2ccccc2-c2ccccc2)CC1)NCc1cccc(C(=O)Nc2ccc(CCNC[C@@H](O)c3ccc(O)c4[nH]c(=O)ccc34)cc2)c1. The minimum atomic E-state index is -0.845. The number of phenolic OH excluding ortho intramolecular Hbond substituents is 1. The molecule has 1 saturated heterocycles. The van der Waals surface area contributed by atoms with Gasteiger partial charge in [-0.15, -0.1) is 0 Å². The third kappa shape index (κ3) is 11.7. The van der Waals surface area contributed by atoms with Gasteiger partial charge in [0, 0.05) is 67.4 Å². The summed E-state index contributed by atoms with van der Waals surface area (Å²) in [5.74, 6) is -0.397. The molecule has 7 rings (SSSR count). The first-order valence-electron chi connectivity index (χ1n) is 20.5. The van der Waals surface area contributed by atoms with E-state index in [-0.39, 0.29) is 35.8 Å². The van der Waals surface area contributed by atoms with Gasteiger partial charge >= 0.3 is 6.09 Å². The van der Waals surface area contributed by atoms with Crippen LogP contribution in [-0.2, 0) is 22.5 Å². The van der Waals surface area contributed by atoms with Gasteiger partial charge in [0.15, 0.2) is 0 Å². The average Bonchev–Trinajstić information content (AvgIpc) is 3.28. The summed E-state index contributed by atoms with van der Waals surface area (Å²) in [6.07, 6.45) is 0.879. The number of phenols is 1. The van der Waals surface area contributed by atoms with Gasteiger partial charge in [-0.1, -0.05) is 78.9 Å². The van der Waals surface area contributed by atoms with Crippen LogP contribution in [0.2, 0.25) is 0 Å². The van der Waals surface area contributed by atoms with E-state index in [1.54, 1.807) is 30.3 Å². The summed E-state index contributed by atoms with van der Waals surface area (Å²) in [4.78, 5) is 55.2. The number of likely N-dealkylation sites (tertiary alicyclic amines) is 1. The first-order chi connectivity index (χ1) is 29.7. The molecule has 0 bridgehead atoms. The van der Waals surface area contributed by atoms with Gasteiger partial charge in [-0.05, 0) is 90.5 Å². The van der Waals surface area contributed by atoms with Crippen molar-refractivity contribution in [2.24, 2.45) is 0 Å². The Balaban J connectivity index is 0.782. The van der Waals surface area contributed by atoms with Gasteiger partial charge in [0.25, 0.3) is 5.91 Å². The molecule has 13 nitrogen and oxygen atoms in total. The Labute approximate surface area is 353 Å². The number of ether oxygens (including phenoxy) is 1. The first-order valence-corrected chi connectivity index (χ1v) is 20.5. The Morgan fingerprint density at radius 2 is 1.59 bits per heavy atom. The van der Waals surface area contributed by atoms with Gasteiger partial charge in [-0.3, -0.25) is 19.7 Å². The lowest BCUT2D eigenvalue weighted by Crippen LogP contribution is -2.40. The number of hydrogen-bond acceptors (Lipinski definition) is 9. The second-order valence-corrected chi connectivity index (χ2v) is 15.1. The number of piperidine rings is 1. The number of aromatic nitrogens is 1. The van der Waals surface area contributed by atoms with Crippen LogP contribution in [-0.4, -0.2) is 76.8 Å². The van der Waals surface area contributed by atoms with Crippen molar-refractivity contribution < 1.29 is 29.3 Å². The number of carbonyl (C=O) groups is 3. The molecule has 0 saturated carbocycles. The smallest absolute Gasteiger partial charge is 0.411 e. The molecule has 13 heteroatoms. The van der Waals surface area contributed by atoms with Gasteiger partial charge in [0.1, 0.15) is 11.9 Å². The largest absolute Gasteiger partial charge is 0.506 e. The minimum Gasteiger partial charge on any atom is -0.506 e. The van der Waals surface area contributed by atoms with Crippen LogP contribution >= 0.6 is 0 Å². The van der Waals surface area contributed by atoms with E-state index in [9.17, 15) is 29.4 Å². The fourth-order valence-corrected chi connectivity index (χ4v) is 7.46. The van der Waals surface area contributed by atoms with Gasteiger partial charge in [0.2, 0.25) is 11.5 Å². The molecule has 314 valence electrons. The normalized spacial score (nSPS) is 13.7. The number of nitrogens with zero attached hydrogens (tertiary/aromatic N) is 1. The monoisotopic (exact) mass is 822 g/mol. The molecule has 0 aliphatic carbocycles. The zero-order chi connectivity index (χ0) is 42.6. The number of fused-ring (bicyclic) bond motifs is 1. The lowest BCUT2D eigenvalue weighted by molar-refractivity contribution is -0.121. The van der Waals surface area contributed by atoms with Crippen molar-refractivity contribution in [2.75, 3.05) is 43.4 Å². The van der Waals surface area contributed by atoms with Gasteiger partial charge in [-0.25, -0.2) is 4.79 Å². The number of aliphatic hydroxyl groups is 1. The second kappa shape index (κ2) is 20.4. The van der Waals surface area contributed by atoms with E-state index >= 15 is 0 Å². The molecule has 1 atom stereocenters. The van der Waals surface area contributed by atoms with Crippen LogP contribution < -0.4 is 26.8 Å². The van der Waals surface area contributed by atoms with Crippen LogP contribution in [0.3, 0.4) is 0 Å². The predicted octanol–water partition coefficient (Wildman–Crippen LogP) is 6.74. The molecule has 1 aliphatic rings. The number of para-hydroxylation sites is 1. The highest BCUT2D eigenvalue weighted by Gasteiger charge is 2.23. The molecule has 1 aliphatic heterocycles. The summed E-state index contributed by atoms with van der Waals surface area (Å²) in [7, 11) is 0. The van der Waals surface area contributed by atoms with Crippen molar-refractivity contribution in [2.45, 2.75) is 44.4 Å². The summed E-state index contributed by atoms with van der Waals surface area (Å²) in [5.41, 5.74) is 6.18. The van der Waals surface area contributed by atoms with Crippen molar-refractivity contribution >= 4 is 40.2 Å². The average molecular weight is 823 g/mol.